The van der Waals surface area contributed by atoms with E-state index in [1.807, 2.05) is 25.1 Å². The van der Waals surface area contributed by atoms with Gasteiger partial charge in [-0.25, -0.2) is 0 Å². The van der Waals surface area contributed by atoms with Gasteiger partial charge in [0.05, 0.1) is 0 Å². The van der Waals surface area contributed by atoms with Crippen LogP contribution >= 0.6 is 12.6 Å². The summed E-state index contributed by atoms with van der Waals surface area (Å²) in [6.07, 6.45) is 6.45. The molecule has 20 heavy (non-hydrogen) atoms. The summed E-state index contributed by atoms with van der Waals surface area (Å²) in [6.45, 7) is 5.06. The minimum atomic E-state index is 0.0380. The quantitative estimate of drug-likeness (QED) is 0.799. The largest absolute Gasteiger partial charge is 0.352 e. The third kappa shape index (κ3) is 4.02. The van der Waals surface area contributed by atoms with Crippen LogP contribution in [-0.4, -0.2) is 12.5 Å². The molecule has 0 saturated heterocycles. The maximum atomic E-state index is 12.2. The van der Waals surface area contributed by atoms with Crippen LogP contribution in [0.25, 0.3) is 0 Å². The van der Waals surface area contributed by atoms with Crippen molar-refractivity contribution >= 4 is 18.5 Å². The zero-order valence-corrected chi connectivity index (χ0v) is 13.4. The van der Waals surface area contributed by atoms with Crippen LogP contribution in [-0.2, 0) is 0 Å². The van der Waals surface area contributed by atoms with Gasteiger partial charge in [-0.3, -0.25) is 4.79 Å². The summed E-state index contributed by atoms with van der Waals surface area (Å²) >= 11 is 4.31. The van der Waals surface area contributed by atoms with Crippen LogP contribution in [0.2, 0.25) is 0 Å². The summed E-state index contributed by atoms with van der Waals surface area (Å²) in [5.41, 5.74) is 1.76. The Kier molecular flexibility index (Phi) is 5.53. The SMILES string of the molecule is CCC1CCC(CNC(=O)c2cc(S)ccc2C)CC1. The van der Waals surface area contributed by atoms with Gasteiger partial charge < -0.3 is 5.32 Å². The molecule has 1 aromatic carbocycles. The van der Waals surface area contributed by atoms with Gasteiger partial charge in [0.1, 0.15) is 0 Å². The van der Waals surface area contributed by atoms with E-state index in [9.17, 15) is 4.79 Å². The Labute approximate surface area is 127 Å². The number of carbonyl (C=O) groups excluding carboxylic acids is 1. The number of benzene rings is 1. The second-order valence-electron chi connectivity index (χ2n) is 6.00. The summed E-state index contributed by atoms with van der Waals surface area (Å²) in [6, 6.07) is 5.71. The first-order chi connectivity index (χ1) is 9.60. The maximum Gasteiger partial charge on any atom is 0.251 e. The van der Waals surface area contributed by atoms with Gasteiger partial charge in [0.2, 0.25) is 0 Å². The average Bonchev–Trinajstić information content (AvgIpc) is 2.47. The van der Waals surface area contributed by atoms with Gasteiger partial charge in [0, 0.05) is 17.0 Å². The Morgan fingerprint density at radius 3 is 2.55 bits per heavy atom. The lowest BCUT2D eigenvalue weighted by Gasteiger charge is -2.27. The molecule has 1 saturated carbocycles. The van der Waals surface area contributed by atoms with E-state index in [2.05, 4.69) is 24.9 Å². The van der Waals surface area contributed by atoms with Gasteiger partial charge >= 0.3 is 0 Å². The molecule has 1 aliphatic rings. The number of rotatable bonds is 4. The van der Waals surface area contributed by atoms with Gasteiger partial charge in [0.25, 0.3) is 5.91 Å². The zero-order valence-electron chi connectivity index (χ0n) is 12.5. The van der Waals surface area contributed by atoms with E-state index in [1.165, 1.54) is 32.1 Å². The Bertz CT molecular complexity index is 464. The predicted octanol–water partition coefficient (Wildman–Crippen LogP) is 4.23. The Balaban J connectivity index is 1.85. The number of nitrogens with one attached hydrogen (secondary N) is 1. The standard InChI is InChI=1S/C17H25NOS/c1-3-13-5-7-14(8-6-13)11-18-17(19)16-10-15(20)9-4-12(16)2/h4,9-10,13-14,20H,3,5-8,11H2,1-2H3,(H,18,19). The molecule has 3 heteroatoms. The van der Waals surface area contributed by atoms with Crippen molar-refractivity contribution in [3.8, 4) is 0 Å². The zero-order chi connectivity index (χ0) is 14.5. The number of hydrogen-bond donors (Lipinski definition) is 2. The molecular formula is C17H25NOS. The lowest BCUT2D eigenvalue weighted by molar-refractivity contribution is 0.0940. The molecule has 0 bridgehead atoms. The van der Waals surface area contributed by atoms with E-state index >= 15 is 0 Å². The molecule has 110 valence electrons. The fourth-order valence-electron chi connectivity index (χ4n) is 3.03. The number of amides is 1. The van der Waals surface area contributed by atoms with Crippen molar-refractivity contribution in [2.75, 3.05) is 6.54 Å². The second-order valence-corrected chi connectivity index (χ2v) is 6.52. The van der Waals surface area contributed by atoms with E-state index in [-0.39, 0.29) is 5.91 Å². The second kappa shape index (κ2) is 7.16. The molecule has 0 aliphatic heterocycles. The van der Waals surface area contributed by atoms with Gasteiger partial charge in [-0.15, -0.1) is 12.6 Å². The first-order valence-electron chi connectivity index (χ1n) is 7.68. The normalized spacial score (nSPS) is 22.6. The van der Waals surface area contributed by atoms with Crippen molar-refractivity contribution in [2.24, 2.45) is 11.8 Å². The summed E-state index contributed by atoms with van der Waals surface area (Å²) in [5, 5.41) is 3.10. The number of hydrogen-bond acceptors (Lipinski definition) is 2. The molecule has 0 heterocycles. The van der Waals surface area contributed by atoms with Crippen molar-refractivity contribution in [1.29, 1.82) is 0 Å². The monoisotopic (exact) mass is 291 g/mol. The van der Waals surface area contributed by atoms with Gasteiger partial charge in [0.15, 0.2) is 0 Å². The molecule has 1 N–H and O–H groups in total. The number of thiol groups is 1. The third-order valence-corrected chi connectivity index (χ3v) is 4.84. The van der Waals surface area contributed by atoms with Crippen molar-refractivity contribution in [1.82, 2.24) is 5.32 Å². The molecule has 0 aromatic heterocycles. The molecule has 2 rings (SSSR count). The van der Waals surface area contributed by atoms with Gasteiger partial charge in [-0.05, 0) is 49.3 Å². The topological polar surface area (TPSA) is 29.1 Å². The van der Waals surface area contributed by atoms with Crippen LogP contribution in [0.3, 0.4) is 0 Å². The predicted molar refractivity (Wildman–Crippen MR) is 86.5 cm³/mol. The molecule has 2 nitrogen and oxygen atoms in total. The van der Waals surface area contributed by atoms with Crippen LogP contribution in [0.5, 0.6) is 0 Å². The first-order valence-corrected chi connectivity index (χ1v) is 8.12. The maximum absolute atomic E-state index is 12.2. The highest BCUT2D eigenvalue weighted by Crippen LogP contribution is 2.30. The third-order valence-electron chi connectivity index (χ3n) is 4.56. The molecule has 1 aliphatic carbocycles. The molecule has 0 unspecified atom stereocenters. The van der Waals surface area contributed by atoms with Crippen LogP contribution < -0.4 is 5.32 Å². The van der Waals surface area contributed by atoms with E-state index in [4.69, 9.17) is 0 Å². The van der Waals surface area contributed by atoms with Gasteiger partial charge in [-0.2, -0.15) is 0 Å². The lowest BCUT2D eigenvalue weighted by Crippen LogP contribution is -2.31. The molecule has 1 fully saturated rings. The minimum Gasteiger partial charge on any atom is -0.352 e. The van der Waals surface area contributed by atoms with Gasteiger partial charge in [-0.1, -0.05) is 32.3 Å². The number of carbonyl (C=O) groups is 1. The fourth-order valence-corrected chi connectivity index (χ4v) is 3.23. The van der Waals surface area contributed by atoms with Crippen molar-refractivity contribution in [3.05, 3.63) is 29.3 Å². The van der Waals surface area contributed by atoms with Crippen LogP contribution in [0.4, 0.5) is 0 Å². The van der Waals surface area contributed by atoms with E-state index in [0.717, 1.165) is 28.5 Å². The molecule has 1 amide bonds. The average molecular weight is 291 g/mol. The molecule has 0 atom stereocenters. The Morgan fingerprint density at radius 2 is 1.90 bits per heavy atom. The molecule has 0 spiro atoms. The van der Waals surface area contributed by atoms with Crippen molar-refractivity contribution < 1.29 is 4.79 Å². The lowest BCUT2D eigenvalue weighted by atomic mass is 9.81. The van der Waals surface area contributed by atoms with Crippen LogP contribution in [0.15, 0.2) is 23.1 Å². The summed E-state index contributed by atoms with van der Waals surface area (Å²) in [7, 11) is 0. The van der Waals surface area contributed by atoms with E-state index in [0.29, 0.717) is 5.92 Å². The Morgan fingerprint density at radius 1 is 1.25 bits per heavy atom. The van der Waals surface area contributed by atoms with E-state index < -0.39 is 0 Å². The summed E-state index contributed by atoms with van der Waals surface area (Å²) < 4.78 is 0. The molecule has 1 aromatic rings. The van der Waals surface area contributed by atoms with Crippen LogP contribution in [0.1, 0.15) is 54.9 Å². The highest BCUT2D eigenvalue weighted by atomic mass is 32.1. The summed E-state index contributed by atoms with van der Waals surface area (Å²) in [4.78, 5) is 13.1. The van der Waals surface area contributed by atoms with Crippen LogP contribution in [0, 0.1) is 18.8 Å². The van der Waals surface area contributed by atoms with Crippen molar-refractivity contribution in [3.63, 3.8) is 0 Å². The summed E-state index contributed by atoms with van der Waals surface area (Å²) in [5.74, 6) is 1.60. The Hall–Kier alpha value is -0.960. The highest BCUT2D eigenvalue weighted by Gasteiger charge is 2.20. The van der Waals surface area contributed by atoms with Crippen molar-refractivity contribution in [2.45, 2.75) is 50.8 Å². The first kappa shape index (κ1) is 15.4. The van der Waals surface area contributed by atoms with E-state index in [1.54, 1.807) is 0 Å². The highest BCUT2D eigenvalue weighted by molar-refractivity contribution is 7.80. The molecular weight excluding hydrogens is 266 g/mol. The fraction of sp³-hybridized carbons (Fsp3) is 0.588. The smallest absolute Gasteiger partial charge is 0.251 e. The molecule has 0 radical (unpaired) electrons. The minimum absolute atomic E-state index is 0.0380. The number of aryl methyl sites for hydroxylation is 1.